The molecule has 5 nitrogen and oxygen atoms in total. The molecule has 7 heteroatoms. The fourth-order valence-corrected chi connectivity index (χ4v) is 3.76. The molecule has 0 spiro atoms. The molecule has 1 aliphatic heterocycles. The topological polar surface area (TPSA) is 67.2 Å². The van der Waals surface area contributed by atoms with Crippen molar-refractivity contribution in [2.45, 2.75) is 12.0 Å². The second kappa shape index (κ2) is 6.32. The summed E-state index contributed by atoms with van der Waals surface area (Å²) in [5.74, 6) is 1.30. The zero-order chi connectivity index (χ0) is 15.6. The van der Waals surface area contributed by atoms with Crippen molar-refractivity contribution in [1.82, 2.24) is 15.1 Å². The van der Waals surface area contributed by atoms with E-state index in [0.717, 1.165) is 11.4 Å². The molecule has 1 aliphatic rings. The quantitative estimate of drug-likeness (QED) is 0.897. The average molecular weight is 338 g/mol. The molecule has 116 valence electrons. The normalized spacial score (nSPS) is 21.0. The number of nitrogens with one attached hydrogen (secondary N) is 1. The smallest absolute Gasteiger partial charge is 0.271 e. The van der Waals surface area contributed by atoms with Crippen LogP contribution in [0.2, 0.25) is 5.02 Å². The summed E-state index contributed by atoms with van der Waals surface area (Å²) >= 11 is 7.65. The number of hydrogen-bond acceptors (Lipinski definition) is 4. The van der Waals surface area contributed by atoms with Gasteiger partial charge in [0.25, 0.3) is 5.91 Å². The van der Waals surface area contributed by atoms with Crippen LogP contribution in [0.25, 0.3) is 5.69 Å². The van der Waals surface area contributed by atoms with Gasteiger partial charge in [-0.3, -0.25) is 4.79 Å². The van der Waals surface area contributed by atoms with Gasteiger partial charge in [0.1, 0.15) is 0 Å². The van der Waals surface area contributed by atoms with E-state index in [9.17, 15) is 9.90 Å². The summed E-state index contributed by atoms with van der Waals surface area (Å²) < 4.78 is 1.60. The Hall–Kier alpha value is -1.50. The van der Waals surface area contributed by atoms with Crippen LogP contribution in [0.15, 0.2) is 36.5 Å². The molecule has 1 atom stereocenters. The van der Waals surface area contributed by atoms with E-state index in [-0.39, 0.29) is 12.5 Å². The van der Waals surface area contributed by atoms with Crippen LogP contribution in [0.3, 0.4) is 0 Å². The lowest BCUT2D eigenvalue weighted by molar-refractivity contribution is 0.0610. The summed E-state index contributed by atoms with van der Waals surface area (Å²) in [5.41, 5.74) is 0.308. The SMILES string of the molecule is O=C(NCC1(O)CCSC1)c1ccn(-c2cccc(Cl)c2)n1. The third-order valence-corrected chi connectivity index (χ3v) is 5.02. The molecule has 22 heavy (non-hydrogen) atoms. The minimum Gasteiger partial charge on any atom is -0.387 e. The number of nitrogens with zero attached hydrogens (tertiary/aromatic N) is 2. The van der Waals surface area contributed by atoms with Crippen LogP contribution in [0, 0.1) is 0 Å². The van der Waals surface area contributed by atoms with E-state index in [0.29, 0.717) is 22.9 Å². The van der Waals surface area contributed by atoms with Gasteiger partial charge in [-0.2, -0.15) is 16.9 Å². The number of halogens is 1. The maximum Gasteiger partial charge on any atom is 0.271 e. The molecule has 1 saturated heterocycles. The highest BCUT2D eigenvalue weighted by atomic mass is 35.5. The van der Waals surface area contributed by atoms with Gasteiger partial charge in [0.05, 0.1) is 11.3 Å². The fraction of sp³-hybridized carbons (Fsp3) is 0.333. The maximum atomic E-state index is 12.1. The van der Waals surface area contributed by atoms with Crippen molar-refractivity contribution in [3.8, 4) is 5.69 Å². The monoisotopic (exact) mass is 337 g/mol. The molecule has 1 aromatic heterocycles. The highest BCUT2D eigenvalue weighted by Gasteiger charge is 2.32. The van der Waals surface area contributed by atoms with Crippen molar-refractivity contribution in [3.63, 3.8) is 0 Å². The van der Waals surface area contributed by atoms with Crippen LogP contribution >= 0.6 is 23.4 Å². The van der Waals surface area contributed by atoms with Crippen molar-refractivity contribution in [2.24, 2.45) is 0 Å². The Morgan fingerprint density at radius 1 is 1.50 bits per heavy atom. The van der Waals surface area contributed by atoms with Crippen molar-refractivity contribution >= 4 is 29.3 Å². The van der Waals surface area contributed by atoms with Gasteiger partial charge in [0, 0.05) is 23.5 Å². The van der Waals surface area contributed by atoms with E-state index >= 15 is 0 Å². The summed E-state index contributed by atoms with van der Waals surface area (Å²) in [6.45, 7) is 0.253. The zero-order valence-electron chi connectivity index (χ0n) is 11.8. The Labute approximate surface area is 137 Å². The largest absolute Gasteiger partial charge is 0.387 e. The molecule has 2 N–H and O–H groups in total. The first-order valence-corrected chi connectivity index (χ1v) is 8.49. The molecular formula is C15H16ClN3O2S. The average Bonchev–Trinajstić information content (AvgIpc) is 3.15. The molecule has 0 aliphatic carbocycles. The number of aromatic nitrogens is 2. The third kappa shape index (κ3) is 3.45. The Morgan fingerprint density at radius 2 is 2.36 bits per heavy atom. The maximum absolute atomic E-state index is 12.1. The first-order chi connectivity index (χ1) is 10.6. The van der Waals surface area contributed by atoms with Gasteiger partial charge in [0.2, 0.25) is 0 Å². The number of benzene rings is 1. The number of hydrogen-bond donors (Lipinski definition) is 2. The van der Waals surface area contributed by atoms with Crippen molar-refractivity contribution in [3.05, 3.63) is 47.2 Å². The Balaban J connectivity index is 1.67. The predicted molar refractivity (Wildman–Crippen MR) is 87.8 cm³/mol. The van der Waals surface area contributed by atoms with E-state index in [1.54, 1.807) is 40.8 Å². The summed E-state index contributed by atoms with van der Waals surface area (Å²) in [4.78, 5) is 12.1. The van der Waals surface area contributed by atoms with Crippen LogP contribution in [0.5, 0.6) is 0 Å². The number of rotatable bonds is 4. The van der Waals surface area contributed by atoms with E-state index in [1.165, 1.54) is 0 Å². The summed E-state index contributed by atoms with van der Waals surface area (Å²) in [6.07, 6.45) is 2.41. The number of carbonyl (C=O) groups is 1. The first-order valence-electron chi connectivity index (χ1n) is 6.96. The van der Waals surface area contributed by atoms with E-state index in [4.69, 9.17) is 11.6 Å². The van der Waals surface area contributed by atoms with Gasteiger partial charge in [-0.15, -0.1) is 0 Å². The van der Waals surface area contributed by atoms with E-state index < -0.39 is 5.60 Å². The lowest BCUT2D eigenvalue weighted by Crippen LogP contribution is -2.43. The highest BCUT2D eigenvalue weighted by Crippen LogP contribution is 2.27. The fourth-order valence-electron chi connectivity index (χ4n) is 2.28. The second-order valence-electron chi connectivity index (χ2n) is 5.34. The first kappa shape index (κ1) is 15.4. The van der Waals surface area contributed by atoms with Crippen LogP contribution < -0.4 is 5.32 Å². The molecular weight excluding hydrogens is 322 g/mol. The standard InChI is InChI=1S/C15H16ClN3O2S/c16-11-2-1-3-12(8-11)19-6-4-13(18-19)14(20)17-9-15(21)5-7-22-10-15/h1-4,6,8,21H,5,7,9-10H2,(H,17,20). The van der Waals surface area contributed by atoms with Crippen LogP contribution in [-0.4, -0.2) is 44.4 Å². The molecule has 1 aromatic carbocycles. The van der Waals surface area contributed by atoms with Gasteiger partial charge in [-0.1, -0.05) is 17.7 Å². The van der Waals surface area contributed by atoms with Gasteiger partial charge in [-0.25, -0.2) is 4.68 Å². The Bertz CT molecular complexity index is 683. The molecule has 0 bridgehead atoms. The van der Waals surface area contributed by atoms with Crippen LogP contribution in [-0.2, 0) is 0 Å². The number of amides is 1. The number of aliphatic hydroxyl groups is 1. The highest BCUT2D eigenvalue weighted by molar-refractivity contribution is 7.99. The van der Waals surface area contributed by atoms with Gasteiger partial charge < -0.3 is 10.4 Å². The third-order valence-electron chi connectivity index (χ3n) is 3.55. The van der Waals surface area contributed by atoms with Gasteiger partial charge in [-0.05, 0) is 36.4 Å². The zero-order valence-corrected chi connectivity index (χ0v) is 13.4. The number of carbonyl (C=O) groups excluding carboxylic acids is 1. The lowest BCUT2D eigenvalue weighted by Gasteiger charge is -2.21. The molecule has 2 heterocycles. The minimum absolute atomic E-state index is 0.253. The predicted octanol–water partition coefficient (Wildman–Crippen LogP) is 2.12. The van der Waals surface area contributed by atoms with Gasteiger partial charge >= 0.3 is 0 Å². The molecule has 1 amide bonds. The summed E-state index contributed by atoms with van der Waals surface area (Å²) in [5, 5.41) is 17.8. The summed E-state index contributed by atoms with van der Waals surface area (Å²) in [6, 6.07) is 8.88. The van der Waals surface area contributed by atoms with E-state index in [1.807, 2.05) is 12.1 Å². The van der Waals surface area contributed by atoms with Crippen LogP contribution in [0.4, 0.5) is 0 Å². The van der Waals surface area contributed by atoms with Gasteiger partial charge in [0.15, 0.2) is 5.69 Å². The van der Waals surface area contributed by atoms with Crippen molar-refractivity contribution in [1.29, 1.82) is 0 Å². The summed E-state index contributed by atoms with van der Waals surface area (Å²) in [7, 11) is 0. The van der Waals surface area contributed by atoms with E-state index in [2.05, 4.69) is 10.4 Å². The van der Waals surface area contributed by atoms with Crippen LogP contribution in [0.1, 0.15) is 16.9 Å². The van der Waals surface area contributed by atoms with Crippen molar-refractivity contribution < 1.29 is 9.90 Å². The molecule has 1 unspecified atom stereocenters. The molecule has 0 radical (unpaired) electrons. The van der Waals surface area contributed by atoms with Crippen molar-refractivity contribution in [2.75, 3.05) is 18.1 Å². The molecule has 2 aromatic rings. The molecule has 1 fully saturated rings. The Kier molecular flexibility index (Phi) is 4.42. The molecule has 3 rings (SSSR count). The minimum atomic E-state index is -0.796. The Morgan fingerprint density at radius 3 is 3.09 bits per heavy atom. The lowest BCUT2D eigenvalue weighted by atomic mass is 10.0. The second-order valence-corrected chi connectivity index (χ2v) is 6.88. The number of thioether (sulfide) groups is 1. The molecule has 0 saturated carbocycles.